The molecule has 9 heteroatoms. The molecule has 1 saturated heterocycles. The quantitative estimate of drug-likeness (QED) is 0.648. The maximum atomic E-state index is 12.0. The van der Waals surface area contributed by atoms with E-state index in [4.69, 9.17) is 4.74 Å². The van der Waals surface area contributed by atoms with Crippen LogP contribution in [-0.2, 0) is 14.1 Å². The summed E-state index contributed by atoms with van der Waals surface area (Å²) in [6.45, 7) is 5.16. The topological polar surface area (TPSA) is 92.0 Å². The lowest BCUT2D eigenvalue weighted by Gasteiger charge is -2.36. The van der Waals surface area contributed by atoms with Gasteiger partial charge in [0.1, 0.15) is 17.3 Å². The Hall–Kier alpha value is -2.94. The molecule has 158 valence electrons. The van der Waals surface area contributed by atoms with Crippen LogP contribution in [0.3, 0.4) is 0 Å². The molecule has 1 aromatic carbocycles. The predicted molar refractivity (Wildman–Crippen MR) is 113 cm³/mol. The van der Waals surface area contributed by atoms with Crippen molar-refractivity contribution in [2.24, 2.45) is 14.1 Å². The highest BCUT2D eigenvalue weighted by atomic mass is 16.5. The molecule has 0 bridgehead atoms. The van der Waals surface area contributed by atoms with Gasteiger partial charge in [0.2, 0.25) is 0 Å². The molecule has 0 atom stereocenters. The van der Waals surface area contributed by atoms with Gasteiger partial charge in [0, 0.05) is 59.0 Å². The van der Waals surface area contributed by atoms with Crippen molar-refractivity contribution >= 4 is 11.5 Å². The number of ether oxygens (including phenoxy) is 1. The third-order valence-corrected chi connectivity index (χ3v) is 5.36. The first-order chi connectivity index (χ1) is 13.9. The smallest absolute Gasteiger partial charge is 0.332 e. The molecule has 2 aromatic rings. The summed E-state index contributed by atoms with van der Waals surface area (Å²) >= 11 is 0. The minimum absolute atomic E-state index is 0.236. The van der Waals surface area contributed by atoms with Gasteiger partial charge in [-0.15, -0.1) is 0 Å². The lowest BCUT2D eigenvalue weighted by molar-refractivity contribution is 0.256. The van der Waals surface area contributed by atoms with Crippen LogP contribution in [0, 0.1) is 0 Å². The molecule has 0 unspecified atom stereocenters. The Labute approximate surface area is 169 Å². The molecule has 0 radical (unpaired) electrons. The van der Waals surface area contributed by atoms with Crippen LogP contribution < -0.4 is 26.2 Å². The fourth-order valence-corrected chi connectivity index (χ4v) is 3.56. The van der Waals surface area contributed by atoms with Crippen LogP contribution in [0.25, 0.3) is 0 Å². The SMILES string of the molecule is COc1ccc(O)cc1N1CCN(CCCNc2cc(=O)n(C)c(=O)n2C)CC1. The number of rotatable bonds is 7. The van der Waals surface area contributed by atoms with Gasteiger partial charge in [-0.1, -0.05) is 0 Å². The van der Waals surface area contributed by atoms with Crippen molar-refractivity contribution in [1.82, 2.24) is 14.0 Å². The molecule has 1 fully saturated rings. The van der Waals surface area contributed by atoms with Crippen molar-refractivity contribution in [3.05, 3.63) is 45.1 Å². The first-order valence-corrected chi connectivity index (χ1v) is 9.76. The summed E-state index contributed by atoms with van der Waals surface area (Å²) < 4.78 is 7.95. The Morgan fingerprint density at radius 3 is 2.48 bits per heavy atom. The summed E-state index contributed by atoms with van der Waals surface area (Å²) in [5.74, 6) is 1.54. The molecule has 1 aliphatic heterocycles. The van der Waals surface area contributed by atoms with Gasteiger partial charge in [-0.25, -0.2) is 4.79 Å². The van der Waals surface area contributed by atoms with E-state index in [1.165, 1.54) is 17.7 Å². The lowest BCUT2D eigenvalue weighted by Crippen LogP contribution is -2.47. The highest BCUT2D eigenvalue weighted by molar-refractivity contribution is 5.61. The van der Waals surface area contributed by atoms with Gasteiger partial charge >= 0.3 is 5.69 Å². The van der Waals surface area contributed by atoms with E-state index in [0.29, 0.717) is 12.4 Å². The van der Waals surface area contributed by atoms with Gasteiger partial charge in [-0.3, -0.25) is 18.8 Å². The number of phenols is 1. The van der Waals surface area contributed by atoms with Crippen molar-refractivity contribution in [3.63, 3.8) is 0 Å². The second kappa shape index (κ2) is 9.04. The number of benzene rings is 1. The first kappa shape index (κ1) is 20.8. The summed E-state index contributed by atoms with van der Waals surface area (Å²) in [5, 5.41) is 13.0. The average Bonchev–Trinajstić information content (AvgIpc) is 2.73. The summed E-state index contributed by atoms with van der Waals surface area (Å²) in [5.41, 5.74) is 0.271. The summed E-state index contributed by atoms with van der Waals surface area (Å²) in [4.78, 5) is 28.3. The Morgan fingerprint density at radius 1 is 1.07 bits per heavy atom. The Kier molecular flexibility index (Phi) is 6.48. The molecule has 3 rings (SSSR count). The Bertz CT molecular complexity index is 960. The summed E-state index contributed by atoms with van der Waals surface area (Å²) in [6.07, 6.45) is 0.902. The zero-order valence-corrected chi connectivity index (χ0v) is 17.2. The van der Waals surface area contributed by atoms with Crippen LogP contribution in [0.4, 0.5) is 11.5 Å². The molecule has 29 heavy (non-hydrogen) atoms. The molecule has 2 N–H and O–H groups in total. The molecule has 0 saturated carbocycles. The van der Waals surface area contributed by atoms with E-state index in [1.807, 2.05) is 0 Å². The standard InChI is InChI=1S/C20H29N5O4/c1-22-18(14-19(27)23(2)20(22)28)21-7-4-8-24-9-11-25(12-10-24)16-13-15(26)5-6-17(16)29-3/h5-6,13-14,21,26H,4,7-12H2,1-3H3. The lowest BCUT2D eigenvalue weighted by atomic mass is 10.2. The van der Waals surface area contributed by atoms with Gasteiger partial charge in [0.25, 0.3) is 5.56 Å². The second-order valence-electron chi connectivity index (χ2n) is 7.23. The van der Waals surface area contributed by atoms with E-state index < -0.39 is 0 Å². The minimum atomic E-state index is -0.335. The van der Waals surface area contributed by atoms with Gasteiger partial charge < -0.3 is 20.1 Å². The number of aromatic hydroxyl groups is 1. The second-order valence-corrected chi connectivity index (χ2v) is 7.23. The molecular weight excluding hydrogens is 374 g/mol. The van der Waals surface area contributed by atoms with Crippen LogP contribution in [0.2, 0.25) is 0 Å². The van der Waals surface area contributed by atoms with Crippen molar-refractivity contribution < 1.29 is 9.84 Å². The zero-order chi connectivity index (χ0) is 21.0. The van der Waals surface area contributed by atoms with Crippen molar-refractivity contribution in [2.45, 2.75) is 6.42 Å². The highest BCUT2D eigenvalue weighted by Gasteiger charge is 2.20. The molecule has 9 nitrogen and oxygen atoms in total. The van der Waals surface area contributed by atoms with Crippen molar-refractivity contribution in [1.29, 1.82) is 0 Å². The number of piperazine rings is 1. The fraction of sp³-hybridized carbons (Fsp3) is 0.500. The number of nitrogens with one attached hydrogen (secondary N) is 1. The monoisotopic (exact) mass is 403 g/mol. The van der Waals surface area contributed by atoms with Crippen LogP contribution in [0.5, 0.6) is 11.5 Å². The van der Waals surface area contributed by atoms with Crippen molar-refractivity contribution in [2.75, 3.05) is 56.6 Å². The third-order valence-electron chi connectivity index (χ3n) is 5.36. The number of hydrogen-bond acceptors (Lipinski definition) is 7. The molecule has 0 amide bonds. The predicted octanol–water partition coefficient (Wildman–Crippen LogP) is 0.422. The number of aromatic nitrogens is 2. The van der Waals surface area contributed by atoms with Crippen LogP contribution in [0.1, 0.15) is 6.42 Å². The van der Waals surface area contributed by atoms with Crippen LogP contribution in [-0.4, -0.2) is 65.5 Å². The van der Waals surface area contributed by atoms with E-state index in [-0.39, 0.29) is 17.0 Å². The van der Waals surface area contributed by atoms with E-state index in [1.54, 1.807) is 32.4 Å². The number of anilines is 2. The fourth-order valence-electron chi connectivity index (χ4n) is 3.56. The van der Waals surface area contributed by atoms with E-state index in [9.17, 15) is 14.7 Å². The number of nitrogens with zero attached hydrogens (tertiary/aromatic N) is 4. The molecular formula is C20H29N5O4. The molecule has 2 heterocycles. The van der Waals surface area contributed by atoms with Crippen LogP contribution in [0.15, 0.2) is 33.9 Å². The minimum Gasteiger partial charge on any atom is -0.508 e. The largest absolute Gasteiger partial charge is 0.508 e. The summed E-state index contributed by atoms with van der Waals surface area (Å²) in [7, 11) is 4.76. The maximum absolute atomic E-state index is 12.0. The molecule has 1 aliphatic rings. The summed E-state index contributed by atoms with van der Waals surface area (Å²) in [6, 6.07) is 6.60. The van der Waals surface area contributed by atoms with Gasteiger partial charge in [-0.2, -0.15) is 0 Å². The zero-order valence-electron chi connectivity index (χ0n) is 17.2. The first-order valence-electron chi connectivity index (χ1n) is 9.76. The normalized spacial score (nSPS) is 14.8. The number of phenolic OH excluding ortho intramolecular Hbond substituents is 1. The van der Waals surface area contributed by atoms with Crippen molar-refractivity contribution in [3.8, 4) is 11.5 Å². The van der Waals surface area contributed by atoms with Gasteiger partial charge in [0.15, 0.2) is 0 Å². The molecule has 0 aliphatic carbocycles. The van der Waals surface area contributed by atoms with Gasteiger partial charge in [-0.05, 0) is 25.1 Å². The maximum Gasteiger partial charge on any atom is 0.332 e. The number of methoxy groups -OCH3 is 1. The highest BCUT2D eigenvalue weighted by Crippen LogP contribution is 2.32. The molecule has 1 aromatic heterocycles. The van der Waals surface area contributed by atoms with E-state index >= 15 is 0 Å². The van der Waals surface area contributed by atoms with Gasteiger partial charge in [0.05, 0.1) is 12.8 Å². The molecule has 0 spiro atoms. The number of hydrogen-bond donors (Lipinski definition) is 2. The Balaban J connectivity index is 1.47. The van der Waals surface area contributed by atoms with Crippen LogP contribution >= 0.6 is 0 Å². The van der Waals surface area contributed by atoms with E-state index in [2.05, 4.69) is 15.1 Å². The Morgan fingerprint density at radius 2 is 1.79 bits per heavy atom. The third kappa shape index (κ3) is 4.73. The average molecular weight is 403 g/mol. The van der Waals surface area contributed by atoms with E-state index in [0.717, 1.165) is 55.1 Å².